The first-order valence-electron chi connectivity index (χ1n) is 27.4. The van der Waals surface area contributed by atoms with Gasteiger partial charge >= 0.3 is 11.9 Å². The number of allylic oxidation sites excluding steroid dienone is 1. The molecular weight excluding hydrogens is 1020 g/mol. The van der Waals surface area contributed by atoms with Gasteiger partial charge in [-0.3, -0.25) is 9.59 Å². The summed E-state index contributed by atoms with van der Waals surface area (Å²) >= 11 is 0. The molecule has 0 radical (unpaired) electrons. The van der Waals surface area contributed by atoms with Crippen LogP contribution in [0.2, 0.25) is 0 Å². The van der Waals surface area contributed by atoms with E-state index in [1.54, 1.807) is 0 Å². The van der Waals surface area contributed by atoms with Gasteiger partial charge in [0.05, 0.1) is 49.0 Å². The van der Waals surface area contributed by atoms with E-state index in [-0.39, 0.29) is 30.8 Å². The lowest BCUT2D eigenvalue weighted by Gasteiger charge is -2.71. The molecule has 0 bridgehead atoms. The average Bonchev–Trinajstić information content (AvgIpc) is 3.55. The van der Waals surface area contributed by atoms with Crippen LogP contribution in [-0.4, -0.2) is 232 Å². The molecule has 1 unspecified atom stereocenters. The number of ether oxygens (including phenoxy) is 8. The molecule has 0 spiro atoms. The summed E-state index contributed by atoms with van der Waals surface area (Å²) < 4.78 is 47.3. The lowest BCUT2D eigenvalue weighted by Crippen LogP contribution is -2.71. The van der Waals surface area contributed by atoms with Crippen LogP contribution in [0.5, 0.6) is 0 Å². The first-order valence-corrected chi connectivity index (χ1v) is 27.4. The number of fused-ring (bicyclic) bond motifs is 7. The zero-order chi connectivity index (χ0) is 56.4. The fourth-order valence-corrected chi connectivity index (χ4v) is 16.4. The first kappa shape index (κ1) is 59.5. The van der Waals surface area contributed by atoms with E-state index in [1.165, 1.54) is 20.8 Å². The van der Waals surface area contributed by atoms with E-state index < -0.39 is 193 Å². The summed E-state index contributed by atoms with van der Waals surface area (Å²) in [7, 11) is 0. The van der Waals surface area contributed by atoms with Gasteiger partial charge in [-0.05, 0) is 113 Å². The maximum absolute atomic E-state index is 15.4. The minimum absolute atomic E-state index is 0.0510. The second-order valence-corrected chi connectivity index (χ2v) is 25.6. The van der Waals surface area contributed by atoms with E-state index in [2.05, 4.69) is 26.8 Å². The van der Waals surface area contributed by atoms with Crippen LogP contribution in [0.25, 0.3) is 0 Å². The molecule has 24 nitrogen and oxygen atoms in total. The number of aliphatic hydroxyl groups is 13. The average molecular weight is 1110 g/mol. The summed E-state index contributed by atoms with van der Waals surface area (Å²) in [5.74, 6) is -3.40. The topological polar surface area (TPSA) is 391 Å². The molecule has 9 rings (SSSR count). The Morgan fingerprint density at radius 1 is 0.623 bits per heavy atom. The smallest absolute Gasteiger partial charge is 0.315 e. The van der Waals surface area contributed by atoms with Crippen LogP contribution in [0.3, 0.4) is 0 Å². The Morgan fingerprint density at radius 3 is 1.90 bits per heavy atom. The van der Waals surface area contributed by atoms with Gasteiger partial charge in [0, 0.05) is 5.41 Å². The van der Waals surface area contributed by atoms with Crippen LogP contribution in [0, 0.1) is 50.2 Å². The number of carboxylic acid groups (broad SMARTS) is 1. The summed E-state index contributed by atoms with van der Waals surface area (Å²) in [5, 5.41) is 153. The van der Waals surface area contributed by atoms with Gasteiger partial charge in [-0.25, -0.2) is 0 Å². The Balaban J connectivity index is 0.978. The quantitative estimate of drug-likeness (QED) is 0.0586. The van der Waals surface area contributed by atoms with E-state index in [0.717, 1.165) is 5.57 Å². The van der Waals surface area contributed by atoms with Gasteiger partial charge in [0.2, 0.25) is 6.29 Å². The number of carbonyl (C=O) groups excluding carboxylic acids is 1. The Bertz CT molecular complexity index is 2180. The maximum atomic E-state index is 15.4. The Kier molecular flexibility index (Phi) is 16.4. The molecule has 24 heteroatoms. The van der Waals surface area contributed by atoms with Crippen LogP contribution >= 0.6 is 0 Å². The van der Waals surface area contributed by atoms with Crippen molar-refractivity contribution in [2.45, 2.75) is 235 Å². The molecule has 0 amide bonds. The van der Waals surface area contributed by atoms with E-state index in [1.807, 2.05) is 6.92 Å². The number of aliphatic hydroxyl groups excluding tert-OH is 13. The van der Waals surface area contributed by atoms with Crippen LogP contribution in [-0.2, 0) is 47.5 Å². The number of aliphatic carboxylic acids is 1. The summed E-state index contributed by atoms with van der Waals surface area (Å²) in [6.45, 7) is 11.3. The van der Waals surface area contributed by atoms with Gasteiger partial charge in [0.25, 0.3) is 0 Å². The fourth-order valence-electron chi connectivity index (χ4n) is 16.4. The number of esters is 1. The summed E-state index contributed by atoms with van der Waals surface area (Å²) in [4.78, 5) is 29.1. The number of hydrogen-bond acceptors (Lipinski definition) is 23. The molecule has 4 saturated heterocycles. The normalized spacial score (nSPS) is 54.6. The number of carboxylic acids is 1. The molecule has 0 aromatic heterocycles. The van der Waals surface area contributed by atoms with Gasteiger partial charge < -0.3 is 109 Å². The Hall–Kier alpha value is -2.12. The second kappa shape index (κ2) is 21.3. The summed E-state index contributed by atoms with van der Waals surface area (Å²) in [6, 6.07) is 0. The van der Waals surface area contributed by atoms with Crippen molar-refractivity contribution in [2.24, 2.45) is 50.2 Å². The zero-order valence-electron chi connectivity index (χ0n) is 44.8. The highest BCUT2D eigenvalue weighted by Crippen LogP contribution is 2.76. The molecule has 440 valence electrons. The third-order valence-corrected chi connectivity index (χ3v) is 21.0. The van der Waals surface area contributed by atoms with Crippen LogP contribution < -0.4 is 0 Å². The molecule has 4 heterocycles. The van der Waals surface area contributed by atoms with Gasteiger partial charge in [0.1, 0.15) is 79.4 Å². The zero-order valence-corrected chi connectivity index (χ0v) is 44.8. The monoisotopic (exact) mass is 1100 g/mol. The minimum atomic E-state index is -1.90. The predicted octanol–water partition coefficient (Wildman–Crippen LogP) is -2.33. The highest BCUT2D eigenvalue weighted by molar-refractivity contribution is 5.79. The van der Waals surface area contributed by atoms with Crippen molar-refractivity contribution in [3.05, 3.63) is 11.6 Å². The SMILES string of the molecule is C[C@@H]1O[C@@H](O[C@H]2[C@H](OC(=O)[C@]34CCC(C)(C)C[C@H]3C3=CC[C@@H]5[C@@]6(C)C[C@H](O)[C@H](O[C@@H]7O[C@H](CO)[C@@H](O)[C@H](O)[C@H]7O)C(C)(C(=O)O)[C@@H]6CC[C@@]5(C)[C@]3(CO)CC4)O[C@H](C)[C@H](O)[C@@H]2O)[C@H](O)[C@H](O)[C@H]1O[C@@H]1OC[C@@H](O)[C@H](O)[C@H]1O. The molecule has 29 atom stereocenters. The van der Waals surface area contributed by atoms with E-state index in [9.17, 15) is 76.3 Å². The standard InChI is InChI=1S/C53H84O24/c1-21-30(58)34(62)40(75-43-38(66)35(63)39(22(2)72-43)74-42-36(64)31(59)26(57)19-70-42)45(71-21)77-47(69)52-13-12-48(3,4)16-24(52)23-8-9-28-49(5)17-25(56)41(76-44-37(65)33(61)32(60)27(18-54)73-44)51(7,46(67)68)29(49)10-11-50(28,6)53(23,20-55)15-14-52/h8,21-22,24-45,54-66H,9-20H2,1-7H3,(H,67,68)/t21-,22+,24+,25+,26-,27-,28-,29-,30+,31+,32-,33+,34+,35+,36-,37-,38-,39+,40-,41+,42+,43+,44+,45+,49-,50-,51?,52+,53+/m1/s1. The van der Waals surface area contributed by atoms with Crippen molar-refractivity contribution in [3.8, 4) is 0 Å². The van der Waals surface area contributed by atoms with Crippen molar-refractivity contribution < 1.29 is 119 Å². The van der Waals surface area contributed by atoms with Gasteiger partial charge in [-0.2, -0.15) is 0 Å². The van der Waals surface area contributed by atoms with E-state index in [4.69, 9.17) is 37.9 Å². The minimum Gasteiger partial charge on any atom is -0.481 e. The lowest BCUT2D eigenvalue weighted by atomic mass is 9.33. The number of hydrogen-bond donors (Lipinski definition) is 14. The predicted molar refractivity (Wildman–Crippen MR) is 259 cm³/mol. The third kappa shape index (κ3) is 9.37. The van der Waals surface area contributed by atoms with Crippen LogP contribution in [0.1, 0.15) is 106 Å². The summed E-state index contributed by atoms with van der Waals surface area (Å²) in [6.07, 6.45) is -27.9. The first-order chi connectivity index (χ1) is 36.0. The molecule has 4 saturated carbocycles. The number of carbonyl (C=O) groups is 2. The Morgan fingerprint density at radius 2 is 1.23 bits per heavy atom. The molecule has 5 aliphatic carbocycles. The van der Waals surface area contributed by atoms with E-state index in [0.29, 0.717) is 44.9 Å². The highest BCUT2D eigenvalue weighted by Gasteiger charge is 2.74. The van der Waals surface area contributed by atoms with Crippen molar-refractivity contribution in [3.63, 3.8) is 0 Å². The van der Waals surface area contributed by atoms with Gasteiger partial charge in [0.15, 0.2) is 25.0 Å². The molecule has 0 aromatic rings. The molecule has 14 N–H and O–H groups in total. The van der Waals surface area contributed by atoms with Crippen molar-refractivity contribution in [1.29, 1.82) is 0 Å². The van der Waals surface area contributed by atoms with Gasteiger partial charge in [-0.15, -0.1) is 0 Å². The highest BCUT2D eigenvalue weighted by atomic mass is 16.8. The molecule has 8 fully saturated rings. The fraction of sp³-hybridized carbons (Fsp3) is 0.925. The number of rotatable bonds is 11. The van der Waals surface area contributed by atoms with Crippen LogP contribution in [0.4, 0.5) is 0 Å². The van der Waals surface area contributed by atoms with Crippen LogP contribution in [0.15, 0.2) is 11.6 Å². The molecule has 9 aliphatic rings. The molecular formula is C53H84O24. The Labute approximate surface area is 446 Å². The third-order valence-electron chi connectivity index (χ3n) is 21.0. The van der Waals surface area contributed by atoms with Crippen molar-refractivity contribution >= 4 is 11.9 Å². The van der Waals surface area contributed by atoms with Gasteiger partial charge in [-0.1, -0.05) is 39.3 Å². The molecule has 77 heavy (non-hydrogen) atoms. The molecule has 0 aromatic carbocycles. The molecule has 4 aliphatic heterocycles. The van der Waals surface area contributed by atoms with Crippen molar-refractivity contribution in [1.82, 2.24) is 0 Å². The lowest BCUT2D eigenvalue weighted by molar-refractivity contribution is -0.373. The largest absolute Gasteiger partial charge is 0.481 e. The second-order valence-electron chi connectivity index (χ2n) is 25.6. The summed E-state index contributed by atoms with van der Waals surface area (Å²) in [5.41, 5.74) is -4.96. The van der Waals surface area contributed by atoms with E-state index >= 15 is 4.79 Å². The van der Waals surface area contributed by atoms with Crippen molar-refractivity contribution in [2.75, 3.05) is 19.8 Å². The maximum Gasteiger partial charge on any atom is 0.315 e.